The van der Waals surface area contributed by atoms with Crippen molar-refractivity contribution in [3.63, 3.8) is 0 Å². The molecule has 20 nitrogen and oxygen atoms in total. The first kappa shape index (κ1) is 82.5. The monoisotopic (exact) mass is 1450 g/mol. The minimum Gasteiger partial charge on any atom is -0.461 e. The van der Waals surface area contributed by atoms with E-state index in [1.54, 1.807) is 0 Å². The van der Waals surface area contributed by atoms with Crippen molar-refractivity contribution in [3.05, 3.63) is 161 Å². The third-order valence-corrected chi connectivity index (χ3v) is 22.5. The van der Waals surface area contributed by atoms with Gasteiger partial charge in [0.1, 0.15) is 25.6 Å². The summed E-state index contributed by atoms with van der Waals surface area (Å²) < 4.78 is 169. The highest BCUT2D eigenvalue weighted by Crippen LogP contribution is 2.45. The Bertz CT molecular complexity index is 3600. The molecule has 0 amide bonds. The topological polar surface area (TPSA) is 263 Å². The Balaban J connectivity index is 0.000000199. The highest BCUT2D eigenvalue weighted by Gasteiger charge is 2.65. The molecule has 4 fully saturated rings. The summed E-state index contributed by atoms with van der Waals surface area (Å²) in [7, 11) is -15.0. The van der Waals surface area contributed by atoms with E-state index in [9.17, 15) is 72.6 Å². The number of sulfonamides is 2. The number of anilines is 1. The van der Waals surface area contributed by atoms with Gasteiger partial charge in [0.2, 0.25) is 0 Å². The maximum atomic E-state index is 12.4. The molecule has 2 N–H and O–H groups in total. The summed E-state index contributed by atoms with van der Waals surface area (Å²) in [6, 6.07) is 32.4. The minimum absolute atomic E-state index is 0.0867. The second-order valence-electron chi connectivity index (χ2n) is 28.1. The molecule has 0 aromatic heterocycles. The molecular weight excluding hydrogens is 1360 g/mol. The van der Waals surface area contributed by atoms with E-state index in [4.69, 9.17) is 42.1 Å². The van der Waals surface area contributed by atoms with E-state index in [-0.39, 0.29) is 59.7 Å². The molecule has 2 unspecified atom stereocenters. The number of carbonyl (C=O) groups is 4. The molecule has 3 heterocycles. The Morgan fingerprint density at radius 2 is 0.810 bits per heavy atom. The SMILES string of the molecule is CC1(C)OB(B2OC(C)(C)C(C)(C)O2)OC1(C)C.CC1(C)OB(C2=CCC(O)(C(=O)OCc3ccccc3)CC2)OC1(C)C.CC1=CCC(O)(C(=O)OCc2ccccc2)CC1.O=C1CCC(C(=O)OCc2ccccc2)CC1.O=S(=O)(N(c1ccccc1)S(=O)(=O)C(F)(F)F)C(F)(F)F. The van der Waals surface area contributed by atoms with Gasteiger partial charge in [-0.05, 0) is 163 Å². The molecule has 6 aliphatic rings. The Hall–Kier alpha value is -6.41. The number of aliphatic hydroxyl groups is 2. The number of para-hydroxylation sites is 1. The molecule has 3 aliphatic carbocycles. The van der Waals surface area contributed by atoms with Crippen LogP contribution in [0.15, 0.2) is 145 Å². The van der Waals surface area contributed by atoms with Crippen molar-refractivity contribution < 1.29 is 115 Å². The molecule has 0 bridgehead atoms. The van der Waals surface area contributed by atoms with Gasteiger partial charge < -0.3 is 52.3 Å². The fraction of sp³-hybridized carbons (Fsp3) is 0.536. The van der Waals surface area contributed by atoms with Crippen LogP contribution in [0, 0.1) is 5.92 Å². The second-order valence-corrected chi connectivity index (χ2v) is 31.9. The molecule has 548 valence electrons. The second kappa shape index (κ2) is 32.5. The third-order valence-electron chi connectivity index (χ3n) is 18.8. The molecule has 31 heteroatoms. The number of allylic oxidation sites excluding steroid dienone is 2. The molecule has 3 saturated heterocycles. The lowest BCUT2D eigenvalue weighted by atomic mass is 9.49. The van der Waals surface area contributed by atoms with E-state index in [1.807, 2.05) is 193 Å². The van der Waals surface area contributed by atoms with Gasteiger partial charge in [-0.2, -0.15) is 43.2 Å². The zero-order valence-corrected chi connectivity index (χ0v) is 60.2. The number of hydrogen-bond acceptors (Lipinski definition) is 19. The largest absolute Gasteiger partial charge is 0.517 e. The number of nitrogens with zero attached hydrogens (tertiary/aromatic N) is 1. The first-order valence-electron chi connectivity index (χ1n) is 32.6. The van der Waals surface area contributed by atoms with Crippen LogP contribution in [0.25, 0.3) is 0 Å². The number of ether oxygens (including phenoxy) is 3. The molecule has 100 heavy (non-hydrogen) atoms. The number of benzene rings is 4. The van der Waals surface area contributed by atoms with Crippen molar-refractivity contribution in [1.82, 2.24) is 0 Å². The smallest absolute Gasteiger partial charge is 0.461 e. The molecular formula is C69H90B3F6NO19S2. The molecule has 3 aliphatic heterocycles. The van der Waals surface area contributed by atoms with Crippen LogP contribution in [0.5, 0.6) is 0 Å². The van der Waals surface area contributed by atoms with Crippen LogP contribution < -0.4 is 3.71 Å². The van der Waals surface area contributed by atoms with Crippen LogP contribution in [0.2, 0.25) is 0 Å². The van der Waals surface area contributed by atoms with Crippen LogP contribution in [0.3, 0.4) is 0 Å². The summed E-state index contributed by atoms with van der Waals surface area (Å²) in [5.41, 5.74) is -13.8. The Kier molecular flexibility index (Phi) is 26.8. The lowest BCUT2D eigenvalue weighted by Crippen LogP contribution is -2.49. The normalized spacial score (nSPS) is 22.8. The average molecular weight is 1450 g/mol. The summed E-state index contributed by atoms with van der Waals surface area (Å²) in [6.07, 6.45) is 8.69. The Morgan fingerprint density at radius 1 is 0.490 bits per heavy atom. The van der Waals surface area contributed by atoms with Gasteiger partial charge in [-0.25, -0.2) is 9.59 Å². The van der Waals surface area contributed by atoms with Crippen LogP contribution in [0.4, 0.5) is 32.0 Å². The Morgan fingerprint density at radius 3 is 1.13 bits per heavy atom. The van der Waals surface area contributed by atoms with Crippen LogP contribution in [0.1, 0.15) is 171 Å². The van der Waals surface area contributed by atoms with Gasteiger partial charge in [-0.1, -0.05) is 127 Å². The number of hydrogen-bond donors (Lipinski definition) is 2. The van der Waals surface area contributed by atoms with Gasteiger partial charge in [0.05, 0.1) is 45.2 Å². The van der Waals surface area contributed by atoms with Crippen LogP contribution >= 0.6 is 0 Å². The fourth-order valence-electron chi connectivity index (χ4n) is 10.3. The summed E-state index contributed by atoms with van der Waals surface area (Å²) in [4.78, 5) is 47.1. The molecule has 1 saturated carbocycles. The van der Waals surface area contributed by atoms with Gasteiger partial charge >= 0.3 is 70.1 Å². The van der Waals surface area contributed by atoms with E-state index in [0.29, 0.717) is 70.1 Å². The lowest BCUT2D eigenvalue weighted by molar-refractivity contribution is -0.168. The standard InChI is InChI=1S/C20H27BO5.C15H18O3.C14H16O3.C12H24B2O4.C8H5F6NO4S2/c1-18(2)19(3,4)26-21(25-18)16-10-12-20(23,13-11-16)17(22)24-14-15-8-6-5-7-9-15;1-12-7-9-15(17,10-8-12)14(16)18-11-13-5-3-2-4-6-13;15-13-8-6-12(7-9-13)14(16)17-10-11-4-2-1-3-5-11;1-9(2)10(3,4)16-13(15-9)14-17-11(5,6)12(7,8)18-14;9-7(10,11)20(16,17)15(6-4-2-1-3-5-6)21(18,19)8(12,13)14/h5-10,23H,11-14H2,1-4H3;2-7,17H,8-11H2,1H3;1-5,12H,6-10H2;1-8H3;1-5H. The van der Waals surface area contributed by atoms with Gasteiger partial charge in [0.25, 0.3) is 0 Å². The van der Waals surface area contributed by atoms with E-state index < -0.39 is 95.9 Å². The number of rotatable bonds is 14. The number of alkyl halides is 6. The first-order chi connectivity index (χ1) is 46.1. The van der Waals surface area contributed by atoms with Crippen molar-refractivity contribution in [1.29, 1.82) is 0 Å². The highest BCUT2D eigenvalue weighted by molar-refractivity contribution is 8.11. The first-order valence-corrected chi connectivity index (χ1v) is 35.5. The van der Waals surface area contributed by atoms with Gasteiger partial charge in [-0.3, -0.25) is 9.59 Å². The van der Waals surface area contributed by atoms with Crippen molar-refractivity contribution in [2.24, 2.45) is 5.92 Å². The predicted molar refractivity (Wildman–Crippen MR) is 362 cm³/mol. The maximum Gasteiger partial charge on any atom is 0.517 e. The third kappa shape index (κ3) is 20.9. The highest BCUT2D eigenvalue weighted by atomic mass is 32.3. The van der Waals surface area contributed by atoms with Crippen molar-refractivity contribution in [2.75, 3.05) is 3.71 Å². The van der Waals surface area contributed by atoms with E-state index in [1.165, 1.54) is 5.57 Å². The number of halogens is 6. The van der Waals surface area contributed by atoms with Crippen LogP contribution in [-0.4, -0.2) is 128 Å². The molecule has 4 aromatic carbocycles. The van der Waals surface area contributed by atoms with E-state index in [2.05, 4.69) is 0 Å². The molecule has 0 spiro atoms. The Labute approximate surface area is 583 Å². The summed E-state index contributed by atoms with van der Waals surface area (Å²) >= 11 is 0. The van der Waals surface area contributed by atoms with Gasteiger partial charge in [-0.15, -0.1) is 3.71 Å². The van der Waals surface area contributed by atoms with Gasteiger partial charge in [0, 0.05) is 25.7 Å². The average Bonchev–Trinajstić information content (AvgIpc) is 0.994. The zero-order chi connectivity index (χ0) is 74.8. The number of ketones is 1. The van der Waals surface area contributed by atoms with Gasteiger partial charge in [0.15, 0.2) is 11.2 Å². The number of Topliss-reactive ketones (excluding diaryl/α,β-unsaturated/α-hetero) is 1. The minimum atomic E-state index is -6.81. The van der Waals surface area contributed by atoms with E-state index >= 15 is 0 Å². The molecule has 0 radical (unpaired) electrons. The molecule has 10 rings (SSSR count). The summed E-state index contributed by atoms with van der Waals surface area (Å²) in [5, 5.41) is 20.9. The lowest BCUT2D eigenvalue weighted by Gasteiger charge is -2.32. The summed E-state index contributed by atoms with van der Waals surface area (Å²) in [5.74, 6) is -1.09. The summed E-state index contributed by atoms with van der Waals surface area (Å²) in [6.45, 7) is 26.9. The maximum absolute atomic E-state index is 12.4. The number of esters is 3. The predicted octanol–water partition coefficient (Wildman–Crippen LogP) is 12.7. The number of carbonyl (C=O) groups excluding carboxylic acids is 4. The van der Waals surface area contributed by atoms with Crippen molar-refractivity contribution in [2.45, 2.75) is 230 Å². The molecule has 4 aromatic rings. The quantitative estimate of drug-likeness (QED) is 0.0391. The van der Waals surface area contributed by atoms with Crippen molar-refractivity contribution in [3.8, 4) is 0 Å². The van der Waals surface area contributed by atoms with Crippen LogP contribution in [-0.2, 0) is 101 Å². The van der Waals surface area contributed by atoms with E-state index in [0.717, 1.165) is 46.8 Å². The van der Waals surface area contributed by atoms with Crippen molar-refractivity contribution >= 4 is 70.6 Å². The zero-order valence-electron chi connectivity index (χ0n) is 58.6. The molecule has 2 atom stereocenters. The fourth-order valence-corrected chi connectivity index (χ4v) is 13.0.